The molecule has 0 aromatic rings. The number of fused-ring (bicyclic) bond motifs is 7. The minimum Gasteiger partial charge on any atom is -0.300 e. The Labute approximate surface area is 170 Å². The van der Waals surface area contributed by atoms with Gasteiger partial charge in [0.15, 0.2) is 5.78 Å². The number of aliphatic imine (C=N–C) groups is 1. The highest BCUT2D eigenvalue weighted by Crippen LogP contribution is 2.80. The van der Waals surface area contributed by atoms with E-state index in [9.17, 15) is 4.79 Å². The number of rotatable bonds is 3. The van der Waals surface area contributed by atoms with Crippen molar-refractivity contribution in [2.75, 3.05) is 7.05 Å². The van der Waals surface area contributed by atoms with Crippen molar-refractivity contribution in [1.29, 1.82) is 0 Å². The van der Waals surface area contributed by atoms with E-state index < -0.39 is 0 Å². The van der Waals surface area contributed by atoms with E-state index in [0.717, 1.165) is 60.2 Å². The molecule has 152 valence electrons. The Hall–Kier alpha value is -0.920. The molecule has 6 aliphatic rings. The van der Waals surface area contributed by atoms with Crippen molar-refractivity contribution in [1.82, 2.24) is 0 Å². The lowest BCUT2D eigenvalue weighted by atomic mass is 9.44. The largest absolute Gasteiger partial charge is 0.300 e. The standard InChI is InChI=1S/C26H37NO/c1-4-26-10-9-19-18-8-7-17(28)11-16(18)12-20(15-5-6-15)23(19)24(26)21-13-22(21)25(26,2)14-27-3/h11,14-15,18-24H,4-10,12-13H2,1-3H3/t18-,19+,20+,21+,22-,23-,24-,25-,26-/m0/s1. The van der Waals surface area contributed by atoms with Gasteiger partial charge in [-0.3, -0.25) is 4.79 Å². The fourth-order valence-corrected chi connectivity index (χ4v) is 9.73. The zero-order valence-electron chi connectivity index (χ0n) is 18.0. The molecule has 5 fully saturated rings. The van der Waals surface area contributed by atoms with E-state index in [1.54, 1.807) is 5.57 Å². The van der Waals surface area contributed by atoms with E-state index in [-0.39, 0.29) is 0 Å². The number of nitrogens with zero attached hydrogens (tertiary/aromatic N) is 1. The third-order valence-corrected chi connectivity index (χ3v) is 10.9. The summed E-state index contributed by atoms with van der Waals surface area (Å²) in [7, 11) is 1.99. The van der Waals surface area contributed by atoms with Crippen LogP contribution in [0.2, 0.25) is 0 Å². The van der Waals surface area contributed by atoms with Crippen LogP contribution >= 0.6 is 0 Å². The Kier molecular flexibility index (Phi) is 3.72. The lowest BCUT2D eigenvalue weighted by molar-refractivity contribution is -0.117. The van der Waals surface area contributed by atoms with Crippen molar-refractivity contribution in [3.8, 4) is 0 Å². The van der Waals surface area contributed by atoms with Gasteiger partial charge in [-0.15, -0.1) is 0 Å². The predicted molar refractivity (Wildman–Crippen MR) is 113 cm³/mol. The molecule has 9 atom stereocenters. The first kappa shape index (κ1) is 17.9. The van der Waals surface area contributed by atoms with Crippen molar-refractivity contribution in [2.24, 2.45) is 63.2 Å². The Bertz CT molecular complexity index is 762. The molecule has 0 spiro atoms. The molecule has 0 aromatic carbocycles. The molecule has 0 aromatic heterocycles. The van der Waals surface area contributed by atoms with Crippen molar-refractivity contribution >= 4 is 12.0 Å². The predicted octanol–water partition coefficient (Wildman–Crippen LogP) is 5.72. The first-order chi connectivity index (χ1) is 13.5. The van der Waals surface area contributed by atoms with Crippen molar-refractivity contribution < 1.29 is 4.79 Å². The Morgan fingerprint density at radius 3 is 2.71 bits per heavy atom. The smallest absolute Gasteiger partial charge is 0.155 e. The van der Waals surface area contributed by atoms with Crippen LogP contribution in [0.15, 0.2) is 16.6 Å². The molecule has 6 rings (SSSR count). The fourth-order valence-electron chi connectivity index (χ4n) is 9.73. The van der Waals surface area contributed by atoms with Crippen LogP contribution in [-0.2, 0) is 4.79 Å². The molecule has 6 aliphatic carbocycles. The van der Waals surface area contributed by atoms with E-state index in [0.29, 0.717) is 16.6 Å². The first-order valence-electron chi connectivity index (χ1n) is 12.2. The van der Waals surface area contributed by atoms with Crippen LogP contribution in [0.3, 0.4) is 0 Å². The minimum atomic E-state index is 0.323. The van der Waals surface area contributed by atoms with Gasteiger partial charge in [0.1, 0.15) is 0 Å². The second kappa shape index (κ2) is 5.82. The molecule has 0 heterocycles. The second-order valence-electron chi connectivity index (χ2n) is 11.5. The zero-order valence-corrected chi connectivity index (χ0v) is 18.0. The van der Waals surface area contributed by atoms with Crippen LogP contribution in [0.25, 0.3) is 0 Å². The van der Waals surface area contributed by atoms with Gasteiger partial charge in [-0.1, -0.05) is 19.4 Å². The SMILES string of the molecule is CC[C@]12CC[C@H]3[C@H]([C@@H]1[C@@H]1C[C@@H]1[C@]2(C)C=NC)[C@@H](C1CC1)CC1=CC(=O)CC[C@@H]13. The summed E-state index contributed by atoms with van der Waals surface area (Å²) in [5, 5.41) is 0. The molecule has 0 amide bonds. The van der Waals surface area contributed by atoms with Gasteiger partial charge in [0, 0.05) is 25.1 Å². The van der Waals surface area contributed by atoms with Crippen LogP contribution in [0, 0.1) is 58.2 Å². The van der Waals surface area contributed by atoms with Crippen LogP contribution < -0.4 is 0 Å². The van der Waals surface area contributed by atoms with Gasteiger partial charge >= 0.3 is 0 Å². The lowest BCUT2D eigenvalue weighted by Gasteiger charge is -2.60. The molecule has 0 radical (unpaired) electrons. The summed E-state index contributed by atoms with van der Waals surface area (Å²) in [5.41, 5.74) is 2.38. The second-order valence-corrected chi connectivity index (χ2v) is 11.5. The molecule has 0 saturated heterocycles. The molecule has 0 N–H and O–H groups in total. The molecule has 0 bridgehead atoms. The number of carbonyl (C=O) groups is 1. The van der Waals surface area contributed by atoms with Gasteiger partial charge in [0.2, 0.25) is 0 Å². The Morgan fingerprint density at radius 2 is 2.00 bits per heavy atom. The summed E-state index contributed by atoms with van der Waals surface area (Å²) < 4.78 is 0. The topological polar surface area (TPSA) is 29.4 Å². The van der Waals surface area contributed by atoms with Gasteiger partial charge < -0.3 is 4.99 Å². The van der Waals surface area contributed by atoms with Crippen molar-refractivity contribution in [3.05, 3.63) is 11.6 Å². The summed E-state index contributed by atoms with van der Waals surface area (Å²) in [5.74, 6) is 7.56. The lowest BCUT2D eigenvalue weighted by Crippen LogP contribution is -2.55. The highest BCUT2D eigenvalue weighted by atomic mass is 16.1. The van der Waals surface area contributed by atoms with Gasteiger partial charge in [-0.25, -0.2) is 0 Å². The number of ketones is 1. The molecule has 0 aliphatic heterocycles. The summed E-state index contributed by atoms with van der Waals surface area (Å²) in [6.45, 7) is 5.06. The molecule has 2 heteroatoms. The van der Waals surface area contributed by atoms with E-state index >= 15 is 0 Å². The van der Waals surface area contributed by atoms with Crippen molar-refractivity contribution in [2.45, 2.75) is 71.6 Å². The fraction of sp³-hybridized carbons (Fsp3) is 0.846. The van der Waals surface area contributed by atoms with Gasteiger partial charge in [0.05, 0.1) is 0 Å². The summed E-state index contributed by atoms with van der Waals surface area (Å²) in [6, 6.07) is 0. The summed E-state index contributed by atoms with van der Waals surface area (Å²) >= 11 is 0. The molecular formula is C26H37NO. The highest BCUT2D eigenvalue weighted by Gasteiger charge is 2.75. The zero-order chi connectivity index (χ0) is 19.3. The van der Waals surface area contributed by atoms with Gasteiger partial charge in [-0.2, -0.15) is 0 Å². The summed E-state index contributed by atoms with van der Waals surface area (Å²) in [4.78, 5) is 16.8. The number of carbonyl (C=O) groups excluding carboxylic acids is 1. The monoisotopic (exact) mass is 379 g/mol. The third-order valence-electron chi connectivity index (χ3n) is 10.9. The number of hydrogen-bond acceptors (Lipinski definition) is 2. The van der Waals surface area contributed by atoms with Crippen LogP contribution in [0.1, 0.15) is 71.6 Å². The first-order valence-corrected chi connectivity index (χ1v) is 12.2. The Morgan fingerprint density at radius 1 is 1.18 bits per heavy atom. The normalized spacial score (nSPS) is 54.6. The van der Waals surface area contributed by atoms with Gasteiger partial charge in [0.25, 0.3) is 0 Å². The van der Waals surface area contributed by atoms with Crippen molar-refractivity contribution in [3.63, 3.8) is 0 Å². The van der Waals surface area contributed by atoms with E-state index in [2.05, 4.69) is 31.1 Å². The van der Waals surface area contributed by atoms with E-state index in [4.69, 9.17) is 0 Å². The van der Waals surface area contributed by atoms with Gasteiger partial charge in [-0.05, 0) is 110 Å². The van der Waals surface area contributed by atoms with Crippen LogP contribution in [-0.4, -0.2) is 19.0 Å². The minimum absolute atomic E-state index is 0.323. The summed E-state index contributed by atoms with van der Waals surface area (Å²) in [6.07, 6.45) is 16.2. The molecule has 5 saturated carbocycles. The van der Waals surface area contributed by atoms with E-state index in [1.807, 2.05) is 7.05 Å². The average molecular weight is 380 g/mol. The highest BCUT2D eigenvalue weighted by molar-refractivity contribution is 5.91. The molecule has 28 heavy (non-hydrogen) atoms. The van der Waals surface area contributed by atoms with E-state index in [1.165, 1.54) is 44.9 Å². The average Bonchev–Trinajstić information content (AvgIpc) is 3.59. The van der Waals surface area contributed by atoms with Crippen LogP contribution in [0.4, 0.5) is 0 Å². The Balaban J connectivity index is 1.45. The maximum atomic E-state index is 12.2. The number of allylic oxidation sites excluding steroid dienone is 1. The molecule has 2 nitrogen and oxygen atoms in total. The quantitative estimate of drug-likeness (QED) is 0.577. The maximum absolute atomic E-state index is 12.2. The molecule has 0 unspecified atom stereocenters. The maximum Gasteiger partial charge on any atom is 0.155 e. The molecular weight excluding hydrogens is 342 g/mol. The third kappa shape index (κ3) is 2.11. The van der Waals surface area contributed by atoms with Crippen LogP contribution in [0.5, 0.6) is 0 Å². The number of hydrogen-bond donors (Lipinski definition) is 0.